The van der Waals surface area contributed by atoms with Gasteiger partial charge in [0.15, 0.2) is 5.82 Å². The Balaban J connectivity index is 0.000000595. The van der Waals surface area contributed by atoms with E-state index in [1.54, 1.807) is 24.4 Å². The standard InChI is InChI=1S/C13H10N4O3.CO2/c1-8-6-11-13(18)14-12(15-16(11)7-8)9-2-4-10(5-3-9)17(19)20;2-1-3/h2-7H,1H3,(H,14,15,18);. The predicted molar refractivity (Wildman–Crippen MR) is 77.6 cm³/mol. The lowest BCUT2D eigenvalue weighted by atomic mass is 10.2. The Morgan fingerprint density at radius 3 is 2.43 bits per heavy atom. The molecule has 0 aliphatic heterocycles. The molecule has 0 spiro atoms. The van der Waals surface area contributed by atoms with Crippen LogP contribution in [0, 0.1) is 17.0 Å². The Kier molecular flexibility index (Phi) is 4.44. The Labute approximate surface area is 128 Å². The number of benzene rings is 1. The number of aromatic nitrogens is 3. The summed E-state index contributed by atoms with van der Waals surface area (Å²) in [5, 5.41) is 14.9. The van der Waals surface area contributed by atoms with Gasteiger partial charge in [-0.15, -0.1) is 5.10 Å². The molecule has 9 nitrogen and oxygen atoms in total. The summed E-state index contributed by atoms with van der Waals surface area (Å²) in [7, 11) is 0. The molecular weight excluding hydrogens is 304 g/mol. The van der Waals surface area contributed by atoms with E-state index in [9.17, 15) is 14.9 Å². The van der Waals surface area contributed by atoms with Gasteiger partial charge in [-0.1, -0.05) is 0 Å². The molecule has 0 saturated heterocycles. The van der Waals surface area contributed by atoms with Gasteiger partial charge >= 0.3 is 6.15 Å². The topological polar surface area (TPSA) is 127 Å². The monoisotopic (exact) mass is 314 g/mol. The van der Waals surface area contributed by atoms with Crippen LogP contribution in [0.5, 0.6) is 0 Å². The molecule has 0 radical (unpaired) electrons. The minimum absolute atomic E-state index is 0.00557. The Hall–Kier alpha value is -3.58. The zero-order valence-corrected chi connectivity index (χ0v) is 11.8. The molecule has 1 aromatic carbocycles. The summed E-state index contributed by atoms with van der Waals surface area (Å²) in [4.78, 5) is 41.0. The Bertz CT molecular complexity index is 949. The zero-order chi connectivity index (χ0) is 17.0. The van der Waals surface area contributed by atoms with Gasteiger partial charge in [0.05, 0.1) is 4.92 Å². The number of nitro groups is 1. The van der Waals surface area contributed by atoms with Crippen LogP contribution in [0.2, 0.25) is 0 Å². The van der Waals surface area contributed by atoms with Gasteiger partial charge < -0.3 is 4.98 Å². The first-order valence-electron chi connectivity index (χ1n) is 6.29. The van der Waals surface area contributed by atoms with Gasteiger partial charge in [0.1, 0.15) is 5.52 Å². The molecule has 3 rings (SSSR count). The van der Waals surface area contributed by atoms with Crippen molar-refractivity contribution < 1.29 is 14.5 Å². The van der Waals surface area contributed by atoms with E-state index >= 15 is 0 Å². The molecule has 0 unspecified atom stereocenters. The normalized spacial score (nSPS) is 9.78. The number of nitro benzene ring substituents is 1. The molecule has 0 amide bonds. The van der Waals surface area contributed by atoms with Crippen molar-refractivity contribution >= 4 is 17.4 Å². The highest BCUT2D eigenvalue weighted by molar-refractivity contribution is 5.58. The molecule has 1 N–H and O–H groups in total. The van der Waals surface area contributed by atoms with Gasteiger partial charge in [-0.05, 0) is 30.7 Å². The summed E-state index contributed by atoms with van der Waals surface area (Å²) in [6.45, 7) is 1.87. The Morgan fingerprint density at radius 2 is 1.87 bits per heavy atom. The van der Waals surface area contributed by atoms with Crippen molar-refractivity contribution in [3.05, 3.63) is 62.6 Å². The second kappa shape index (κ2) is 6.46. The van der Waals surface area contributed by atoms with E-state index in [1.165, 1.54) is 16.6 Å². The van der Waals surface area contributed by atoms with Crippen molar-refractivity contribution in [1.29, 1.82) is 0 Å². The maximum absolute atomic E-state index is 11.9. The van der Waals surface area contributed by atoms with Gasteiger partial charge in [-0.3, -0.25) is 14.9 Å². The summed E-state index contributed by atoms with van der Waals surface area (Å²) < 4.78 is 1.50. The number of hydrogen-bond donors (Lipinski definition) is 1. The third-order valence-electron chi connectivity index (χ3n) is 2.96. The van der Waals surface area contributed by atoms with E-state index in [1.807, 2.05) is 6.92 Å². The maximum atomic E-state index is 11.9. The van der Waals surface area contributed by atoms with Crippen LogP contribution in [-0.4, -0.2) is 25.7 Å². The molecule has 0 aliphatic carbocycles. The van der Waals surface area contributed by atoms with E-state index in [2.05, 4.69) is 10.1 Å². The molecular formula is C14H10N4O5. The van der Waals surface area contributed by atoms with Crippen LogP contribution in [0.1, 0.15) is 5.56 Å². The lowest BCUT2D eigenvalue weighted by Crippen LogP contribution is -2.13. The number of H-pyrrole nitrogens is 1. The van der Waals surface area contributed by atoms with Crippen LogP contribution >= 0.6 is 0 Å². The quantitative estimate of drug-likeness (QED) is 0.561. The fourth-order valence-electron chi connectivity index (χ4n) is 2.01. The molecule has 116 valence electrons. The molecule has 2 aromatic heterocycles. The molecule has 0 bridgehead atoms. The van der Waals surface area contributed by atoms with Crippen LogP contribution in [0.25, 0.3) is 16.9 Å². The van der Waals surface area contributed by atoms with Crippen molar-refractivity contribution in [2.75, 3.05) is 0 Å². The van der Waals surface area contributed by atoms with Crippen LogP contribution < -0.4 is 5.56 Å². The summed E-state index contributed by atoms with van der Waals surface area (Å²) in [6, 6.07) is 7.60. The largest absolute Gasteiger partial charge is 0.373 e. The second-order valence-corrected chi connectivity index (χ2v) is 4.54. The van der Waals surface area contributed by atoms with Gasteiger partial charge in [0.2, 0.25) is 0 Å². The lowest BCUT2D eigenvalue weighted by molar-refractivity contribution is -0.384. The summed E-state index contributed by atoms with van der Waals surface area (Å²) in [5.41, 5.74) is 1.76. The third kappa shape index (κ3) is 3.36. The third-order valence-corrected chi connectivity index (χ3v) is 2.96. The number of aromatic amines is 1. The van der Waals surface area contributed by atoms with Gasteiger partial charge in [-0.2, -0.15) is 9.59 Å². The molecule has 0 saturated carbocycles. The molecule has 3 aromatic rings. The summed E-state index contributed by atoms with van der Waals surface area (Å²) in [6.07, 6.45) is 2.00. The van der Waals surface area contributed by atoms with Crippen molar-refractivity contribution in [1.82, 2.24) is 14.6 Å². The number of hydrogen-bond acceptors (Lipinski definition) is 6. The highest BCUT2D eigenvalue weighted by atomic mass is 16.6. The van der Waals surface area contributed by atoms with E-state index in [0.29, 0.717) is 16.9 Å². The fraction of sp³-hybridized carbons (Fsp3) is 0.0714. The lowest BCUT2D eigenvalue weighted by Gasteiger charge is -2.01. The molecule has 0 fully saturated rings. The minimum Gasteiger partial charge on any atom is -0.303 e. The van der Waals surface area contributed by atoms with Crippen molar-refractivity contribution in [3.8, 4) is 11.4 Å². The van der Waals surface area contributed by atoms with E-state index in [-0.39, 0.29) is 17.4 Å². The van der Waals surface area contributed by atoms with Crippen molar-refractivity contribution in [2.24, 2.45) is 0 Å². The molecule has 23 heavy (non-hydrogen) atoms. The number of non-ortho nitro benzene ring substituents is 1. The minimum atomic E-state index is -0.474. The Morgan fingerprint density at radius 1 is 1.26 bits per heavy atom. The van der Waals surface area contributed by atoms with E-state index in [4.69, 9.17) is 9.59 Å². The first-order valence-corrected chi connectivity index (χ1v) is 6.29. The molecule has 0 aliphatic rings. The van der Waals surface area contributed by atoms with Gasteiger partial charge in [0, 0.05) is 23.9 Å². The SMILES string of the molecule is Cc1cc2c(=O)[nH]c(-c3ccc([N+](=O)[O-])cc3)nn2c1.O=C=O. The second-order valence-electron chi connectivity index (χ2n) is 4.54. The number of aryl methyl sites for hydroxylation is 1. The van der Waals surface area contributed by atoms with Crippen molar-refractivity contribution in [2.45, 2.75) is 6.92 Å². The predicted octanol–water partition coefficient (Wildman–Crippen LogP) is 1.32. The van der Waals surface area contributed by atoms with E-state index < -0.39 is 4.92 Å². The van der Waals surface area contributed by atoms with Gasteiger partial charge in [0.25, 0.3) is 11.2 Å². The fourth-order valence-corrected chi connectivity index (χ4v) is 2.01. The summed E-state index contributed by atoms with van der Waals surface area (Å²) >= 11 is 0. The zero-order valence-electron chi connectivity index (χ0n) is 11.8. The summed E-state index contributed by atoms with van der Waals surface area (Å²) in [5.74, 6) is 0.369. The van der Waals surface area contributed by atoms with Crippen LogP contribution in [0.4, 0.5) is 5.69 Å². The molecule has 2 heterocycles. The van der Waals surface area contributed by atoms with Crippen LogP contribution in [0.15, 0.2) is 41.3 Å². The number of carbonyl (C=O) groups excluding carboxylic acids is 2. The first kappa shape index (κ1) is 15.8. The van der Waals surface area contributed by atoms with Crippen molar-refractivity contribution in [3.63, 3.8) is 0 Å². The maximum Gasteiger partial charge on any atom is 0.373 e. The average molecular weight is 314 g/mol. The smallest absolute Gasteiger partial charge is 0.303 e. The number of fused-ring (bicyclic) bond motifs is 1. The van der Waals surface area contributed by atoms with E-state index in [0.717, 1.165) is 5.56 Å². The number of rotatable bonds is 2. The number of nitrogens with one attached hydrogen (secondary N) is 1. The average Bonchev–Trinajstić information content (AvgIpc) is 2.89. The van der Waals surface area contributed by atoms with Gasteiger partial charge in [-0.25, -0.2) is 4.52 Å². The number of nitrogens with zero attached hydrogens (tertiary/aromatic N) is 3. The van der Waals surface area contributed by atoms with Crippen LogP contribution in [0.3, 0.4) is 0 Å². The molecule has 0 atom stereocenters. The highest BCUT2D eigenvalue weighted by Crippen LogP contribution is 2.18. The molecule has 9 heteroatoms. The first-order chi connectivity index (χ1) is 11.0. The highest BCUT2D eigenvalue weighted by Gasteiger charge is 2.09. The van der Waals surface area contributed by atoms with Crippen LogP contribution in [-0.2, 0) is 9.59 Å².